The Morgan fingerprint density at radius 1 is 1.50 bits per heavy atom. The summed E-state index contributed by atoms with van der Waals surface area (Å²) in [6.07, 6.45) is 2.19. The topological polar surface area (TPSA) is 110 Å². The molecule has 2 rings (SSSR count). The zero-order chi connectivity index (χ0) is 14.9. The molecule has 1 aromatic heterocycles. The lowest BCUT2D eigenvalue weighted by molar-refractivity contribution is -0.119. The number of hydrogen-bond acceptors (Lipinski definition) is 5. The van der Waals surface area contributed by atoms with Gasteiger partial charge >= 0.3 is 0 Å². The van der Waals surface area contributed by atoms with Crippen molar-refractivity contribution < 1.29 is 18.0 Å². The van der Waals surface area contributed by atoms with Gasteiger partial charge in [0.1, 0.15) is 11.0 Å². The molecule has 7 nitrogen and oxygen atoms in total. The third-order valence-corrected chi connectivity index (χ3v) is 5.22. The van der Waals surface area contributed by atoms with Crippen molar-refractivity contribution >= 4 is 38.2 Å². The molecule has 1 aromatic rings. The third kappa shape index (κ3) is 3.00. The summed E-state index contributed by atoms with van der Waals surface area (Å²) >= 11 is 1.17. The Labute approximate surface area is 120 Å². The number of carbonyl (C=O) groups is 2. The van der Waals surface area contributed by atoms with Gasteiger partial charge in [-0.15, -0.1) is 11.3 Å². The van der Waals surface area contributed by atoms with Gasteiger partial charge in [-0.3, -0.25) is 9.59 Å². The van der Waals surface area contributed by atoms with Crippen LogP contribution < -0.4 is 11.1 Å². The van der Waals surface area contributed by atoms with Crippen LogP contribution in [0.2, 0.25) is 0 Å². The fraction of sp³-hybridized carbons (Fsp3) is 0.455. The van der Waals surface area contributed by atoms with Gasteiger partial charge in [0.25, 0.3) is 5.91 Å². The average molecular weight is 317 g/mol. The Kier molecular flexibility index (Phi) is 4.11. The van der Waals surface area contributed by atoms with Crippen LogP contribution in [0, 0.1) is 0 Å². The highest BCUT2D eigenvalue weighted by Gasteiger charge is 2.36. The molecular weight excluding hydrogens is 302 g/mol. The highest BCUT2D eigenvalue weighted by Crippen LogP contribution is 2.26. The van der Waals surface area contributed by atoms with E-state index in [1.54, 1.807) is 5.38 Å². The van der Waals surface area contributed by atoms with E-state index in [-0.39, 0.29) is 5.56 Å². The first kappa shape index (κ1) is 14.9. The van der Waals surface area contributed by atoms with Crippen molar-refractivity contribution in [2.24, 2.45) is 5.73 Å². The van der Waals surface area contributed by atoms with Gasteiger partial charge < -0.3 is 11.1 Å². The second-order valence-corrected chi connectivity index (χ2v) is 7.40. The molecule has 1 saturated heterocycles. The van der Waals surface area contributed by atoms with Gasteiger partial charge in [0.2, 0.25) is 15.9 Å². The van der Waals surface area contributed by atoms with Gasteiger partial charge in [-0.2, -0.15) is 4.31 Å². The van der Waals surface area contributed by atoms with E-state index < -0.39 is 27.9 Å². The average Bonchev–Trinajstić information content (AvgIpc) is 2.95. The molecule has 0 saturated carbocycles. The zero-order valence-electron chi connectivity index (χ0n) is 10.8. The number of nitrogens with two attached hydrogens (primary N) is 1. The fourth-order valence-electron chi connectivity index (χ4n) is 2.19. The Hall–Kier alpha value is -1.45. The number of carbonyl (C=O) groups excluding carboxylic acids is 2. The molecule has 0 radical (unpaired) electrons. The molecule has 1 aliphatic heterocycles. The van der Waals surface area contributed by atoms with E-state index in [1.807, 2.05) is 0 Å². The monoisotopic (exact) mass is 317 g/mol. The summed E-state index contributed by atoms with van der Waals surface area (Å²) in [6.45, 7) is 0.337. The number of rotatable bonds is 4. The number of nitrogens with one attached hydrogen (secondary N) is 1. The normalized spacial score (nSPS) is 19.9. The summed E-state index contributed by atoms with van der Waals surface area (Å²) in [5.41, 5.74) is 5.42. The molecule has 0 aromatic carbocycles. The molecule has 20 heavy (non-hydrogen) atoms. The lowest BCUT2D eigenvalue weighted by atomic mass is 10.2. The molecule has 1 unspecified atom stereocenters. The van der Waals surface area contributed by atoms with Crippen LogP contribution in [0.3, 0.4) is 0 Å². The number of amides is 2. The first-order chi connectivity index (χ1) is 9.30. The lowest BCUT2D eigenvalue weighted by Crippen LogP contribution is -2.42. The van der Waals surface area contributed by atoms with E-state index in [0.717, 1.165) is 6.26 Å². The van der Waals surface area contributed by atoms with Crippen LogP contribution in [-0.2, 0) is 14.8 Å². The van der Waals surface area contributed by atoms with E-state index in [2.05, 4.69) is 5.32 Å². The minimum Gasteiger partial charge on any atom is -0.366 e. The number of sulfonamides is 1. The Morgan fingerprint density at radius 2 is 2.20 bits per heavy atom. The maximum absolute atomic E-state index is 12.2. The van der Waals surface area contributed by atoms with Crippen LogP contribution in [0.1, 0.15) is 23.2 Å². The van der Waals surface area contributed by atoms with Crippen LogP contribution in [-0.4, -0.2) is 43.4 Å². The molecule has 9 heteroatoms. The molecule has 110 valence electrons. The third-order valence-electron chi connectivity index (χ3n) is 3.10. The molecular formula is C11H15N3O4S2. The van der Waals surface area contributed by atoms with Crippen molar-refractivity contribution in [2.75, 3.05) is 18.1 Å². The smallest absolute Gasteiger partial charge is 0.251 e. The minimum atomic E-state index is -3.42. The van der Waals surface area contributed by atoms with E-state index in [9.17, 15) is 18.0 Å². The Morgan fingerprint density at radius 3 is 2.80 bits per heavy atom. The molecule has 0 spiro atoms. The molecule has 1 fully saturated rings. The van der Waals surface area contributed by atoms with Gasteiger partial charge in [0.15, 0.2) is 0 Å². The van der Waals surface area contributed by atoms with E-state index in [4.69, 9.17) is 5.73 Å². The van der Waals surface area contributed by atoms with Crippen LogP contribution in [0.25, 0.3) is 0 Å². The number of nitrogens with zero attached hydrogens (tertiary/aromatic N) is 1. The van der Waals surface area contributed by atoms with Crippen LogP contribution in [0.4, 0.5) is 5.00 Å². The summed E-state index contributed by atoms with van der Waals surface area (Å²) < 4.78 is 24.4. The Balaban J connectivity index is 2.16. The standard InChI is InChI=1S/C11H15N3O4S2/c1-20(17,18)14-5-2-3-8(14)10(16)13-11-7(9(12)15)4-6-19-11/h4,6,8H,2-3,5H2,1H3,(H2,12,15)(H,13,16). The van der Waals surface area contributed by atoms with Crippen molar-refractivity contribution in [1.82, 2.24) is 4.31 Å². The summed E-state index contributed by atoms with van der Waals surface area (Å²) in [5.74, 6) is -1.06. The predicted molar refractivity (Wildman–Crippen MR) is 76.0 cm³/mol. The SMILES string of the molecule is CS(=O)(=O)N1CCCC1C(=O)Nc1sccc1C(N)=O. The number of hydrogen-bond donors (Lipinski definition) is 2. The minimum absolute atomic E-state index is 0.229. The highest BCUT2D eigenvalue weighted by atomic mass is 32.2. The number of primary amides is 1. The zero-order valence-corrected chi connectivity index (χ0v) is 12.5. The van der Waals surface area contributed by atoms with Crippen LogP contribution in [0.5, 0.6) is 0 Å². The Bertz CT molecular complexity index is 638. The van der Waals surface area contributed by atoms with Crippen molar-refractivity contribution in [3.05, 3.63) is 17.0 Å². The number of anilines is 1. The molecule has 2 heterocycles. The quantitative estimate of drug-likeness (QED) is 0.827. The second-order valence-electron chi connectivity index (χ2n) is 4.55. The second kappa shape index (κ2) is 5.51. The first-order valence-electron chi connectivity index (χ1n) is 5.95. The van der Waals surface area contributed by atoms with E-state index >= 15 is 0 Å². The first-order valence-corrected chi connectivity index (χ1v) is 8.68. The molecule has 0 aliphatic carbocycles. The largest absolute Gasteiger partial charge is 0.366 e. The summed E-state index contributed by atoms with van der Waals surface area (Å²) in [7, 11) is -3.42. The fourth-order valence-corrected chi connectivity index (χ4v) is 4.11. The van der Waals surface area contributed by atoms with Gasteiger partial charge in [0.05, 0.1) is 11.8 Å². The van der Waals surface area contributed by atoms with Crippen molar-refractivity contribution in [2.45, 2.75) is 18.9 Å². The molecule has 3 N–H and O–H groups in total. The van der Waals surface area contributed by atoms with Gasteiger partial charge in [-0.25, -0.2) is 8.42 Å². The molecule has 2 amide bonds. The van der Waals surface area contributed by atoms with Crippen molar-refractivity contribution in [1.29, 1.82) is 0 Å². The molecule has 0 bridgehead atoms. The number of thiophene rings is 1. The maximum Gasteiger partial charge on any atom is 0.251 e. The van der Waals surface area contributed by atoms with Crippen LogP contribution in [0.15, 0.2) is 11.4 Å². The van der Waals surface area contributed by atoms with Gasteiger partial charge in [-0.1, -0.05) is 0 Å². The highest BCUT2D eigenvalue weighted by molar-refractivity contribution is 7.88. The molecule has 1 aliphatic rings. The van der Waals surface area contributed by atoms with Gasteiger partial charge in [-0.05, 0) is 24.3 Å². The van der Waals surface area contributed by atoms with Crippen LogP contribution >= 0.6 is 11.3 Å². The maximum atomic E-state index is 12.2. The molecule has 1 atom stereocenters. The van der Waals surface area contributed by atoms with E-state index in [0.29, 0.717) is 24.4 Å². The van der Waals surface area contributed by atoms with Crippen molar-refractivity contribution in [3.63, 3.8) is 0 Å². The van der Waals surface area contributed by atoms with E-state index in [1.165, 1.54) is 21.7 Å². The summed E-state index contributed by atoms with van der Waals surface area (Å²) in [6, 6.07) is 0.791. The summed E-state index contributed by atoms with van der Waals surface area (Å²) in [5, 5.41) is 4.58. The predicted octanol–water partition coefficient (Wildman–Crippen LogP) is 0.209. The lowest BCUT2D eigenvalue weighted by Gasteiger charge is -2.21. The van der Waals surface area contributed by atoms with Crippen molar-refractivity contribution in [3.8, 4) is 0 Å². The van der Waals surface area contributed by atoms with Gasteiger partial charge in [0, 0.05) is 6.54 Å². The summed E-state index contributed by atoms with van der Waals surface area (Å²) in [4.78, 5) is 23.4.